The van der Waals surface area contributed by atoms with Gasteiger partial charge in [-0.2, -0.15) is 0 Å². The van der Waals surface area contributed by atoms with Crippen LogP contribution in [0.2, 0.25) is 0 Å². The fourth-order valence-electron chi connectivity index (χ4n) is 10.2. The van der Waals surface area contributed by atoms with Crippen molar-refractivity contribution < 1.29 is 28.6 Å². The summed E-state index contributed by atoms with van der Waals surface area (Å²) in [6.45, 7) is 6.40. The van der Waals surface area contributed by atoms with Gasteiger partial charge in [0.2, 0.25) is 0 Å². The van der Waals surface area contributed by atoms with Crippen molar-refractivity contribution in [1.82, 2.24) is 0 Å². The lowest BCUT2D eigenvalue weighted by Crippen LogP contribution is -2.30. The highest BCUT2D eigenvalue weighted by Crippen LogP contribution is 2.18. The minimum Gasteiger partial charge on any atom is -0.462 e. The predicted octanol–water partition coefficient (Wildman–Crippen LogP) is 24.4. The van der Waals surface area contributed by atoms with E-state index < -0.39 is 6.10 Å². The molecule has 0 heterocycles. The summed E-state index contributed by atoms with van der Waals surface area (Å²) in [7, 11) is 0. The van der Waals surface area contributed by atoms with Gasteiger partial charge in [0.15, 0.2) is 6.10 Å². The van der Waals surface area contributed by atoms with Crippen LogP contribution < -0.4 is 0 Å². The van der Waals surface area contributed by atoms with Gasteiger partial charge < -0.3 is 14.2 Å². The molecule has 0 aromatic rings. The van der Waals surface area contributed by atoms with Crippen molar-refractivity contribution >= 4 is 17.9 Å². The van der Waals surface area contributed by atoms with Crippen LogP contribution in [0.15, 0.2) is 97.2 Å². The number of allylic oxidation sites excluding steroid dienone is 16. The predicted molar refractivity (Wildman–Crippen MR) is 357 cm³/mol. The van der Waals surface area contributed by atoms with Crippen molar-refractivity contribution in [3.63, 3.8) is 0 Å². The summed E-state index contributed by atoms with van der Waals surface area (Å²) >= 11 is 0. The summed E-state index contributed by atoms with van der Waals surface area (Å²) in [5, 5.41) is 0. The van der Waals surface area contributed by atoms with Gasteiger partial charge in [-0.05, 0) is 83.5 Å². The van der Waals surface area contributed by atoms with Crippen molar-refractivity contribution in [1.29, 1.82) is 0 Å². The summed E-state index contributed by atoms with van der Waals surface area (Å²) in [5.41, 5.74) is 0. The molecule has 0 aliphatic rings. The fourth-order valence-corrected chi connectivity index (χ4v) is 10.2. The van der Waals surface area contributed by atoms with Gasteiger partial charge in [-0.1, -0.05) is 343 Å². The van der Waals surface area contributed by atoms with E-state index in [9.17, 15) is 14.4 Å². The highest BCUT2D eigenvalue weighted by atomic mass is 16.6. The molecule has 82 heavy (non-hydrogen) atoms. The largest absolute Gasteiger partial charge is 0.462 e. The maximum absolute atomic E-state index is 12.9. The maximum atomic E-state index is 12.9. The van der Waals surface area contributed by atoms with Crippen molar-refractivity contribution in [2.75, 3.05) is 13.2 Å². The summed E-state index contributed by atoms with van der Waals surface area (Å²) in [4.78, 5) is 38.4. The highest BCUT2D eigenvalue weighted by Gasteiger charge is 2.19. The summed E-state index contributed by atoms with van der Waals surface area (Å²) in [6.07, 6.45) is 94.6. The van der Waals surface area contributed by atoms with E-state index in [4.69, 9.17) is 14.2 Å². The van der Waals surface area contributed by atoms with E-state index in [0.717, 1.165) is 89.9 Å². The Labute approximate surface area is 508 Å². The topological polar surface area (TPSA) is 78.9 Å². The Balaban J connectivity index is 4.27. The number of rotatable bonds is 64. The molecule has 1 atom stereocenters. The van der Waals surface area contributed by atoms with Gasteiger partial charge in [-0.3, -0.25) is 14.4 Å². The van der Waals surface area contributed by atoms with Gasteiger partial charge in [-0.15, -0.1) is 0 Å². The Bertz CT molecular complexity index is 1590. The molecule has 0 amide bonds. The molecule has 0 aliphatic carbocycles. The number of hydrogen-bond donors (Lipinski definition) is 0. The Kier molecular flexibility index (Phi) is 66.7. The molecular formula is C76H132O6. The van der Waals surface area contributed by atoms with Crippen LogP contribution in [0.25, 0.3) is 0 Å². The molecule has 0 saturated carbocycles. The fraction of sp³-hybridized carbons (Fsp3) is 0.750. The molecule has 0 radical (unpaired) electrons. The van der Waals surface area contributed by atoms with Gasteiger partial charge in [-0.25, -0.2) is 0 Å². The molecule has 472 valence electrons. The molecule has 0 saturated heterocycles. The number of hydrogen-bond acceptors (Lipinski definition) is 6. The van der Waals surface area contributed by atoms with Crippen LogP contribution in [0.3, 0.4) is 0 Å². The smallest absolute Gasteiger partial charge is 0.306 e. The highest BCUT2D eigenvalue weighted by molar-refractivity contribution is 5.71. The van der Waals surface area contributed by atoms with Crippen LogP contribution in [-0.4, -0.2) is 37.2 Å². The average molecular weight is 1140 g/mol. The standard InChI is InChI=1S/C76H132O6/c1-4-7-10-13-16-19-22-25-27-29-31-33-35-37-38-39-41-42-44-46-48-51-54-57-60-63-66-69-75(78)81-72-73(71-80-74(77)68-65-62-59-56-53-50-24-21-18-15-12-9-6-3)82-76(79)70-67-64-61-58-55-52-49-47-45-43-40-36-34-32-30-28-26-23-20-17-14-11-8-5-2/h7,9-10,12,16,18-19,21,25,27,31,33,50,53,59,62,73H,4-6,8,11,13-15,17,20,22-24,26,28-30,32,34-49,51-52,54-58,60-61,63-72H2,1-3H3/b10-7-,12-9-,19-16-,21-18-,27-25-,33-31-,53-50-,62-59-. The van der Waals surface area contributed by atoms with E-state index in [-0.39, 0.29) is 37.5 Å². The van der Waals surface area contributed by atoms with E-state index in [2.05, 4.69) is 112 Å². The van der Waals surface area contributed by atoms with Crippen LogP contribution in [0, 0.1) is 0 Å². The van der Waals surface area contributed by atoms with Gasteiger partial charge in [0.25, 0.3) is 0 Å². The molecule has 0 aromatic heterocycles. The van der Waals surface area contributed by atoms with E-state index >= 15 is 0 Å². The number of carbonyl (C=O) groups excluding carboxylic acids is 3. The molecule has 0 spiro atoms. The van der Waals surface area contributed by atoms with Gasteiger partial charge >= 0.3 is 17.9 Å². The quantitative estimate of drug-likeness (QED) is 0.0261. The second kappa shape index (κ2) is 69.8. The number of carbonyl (C=O) groups is 3. The zero-order chi connectivity index (χ0) is 59.2. The first-order valence-electron chi connectivity index (χ1n) is 35.2. The Morgan fingerprint density at radius 3 is 0.817 bits per heavy atom. The minimum absolute atomic E-state index is 0.0964. The minimum atomic E-state index is -0.806. The molecule has 6 nitrogen and oxygen atoms in total. The maximum Gasteiger partial charge on any atom is 0.306 e. The lowest BCUT2D eigenvalue weighted by atomic mass is 10.0. The molecule has 0 aliphatic heterocycles. The Hall–Kier alpha value is -3.67. The molecule has 0 bridgehead atoms. The number of unbranched alkanes of at least 4 members (excludes halogenated alkanes) is 37. The molecular weight excluding hydrogens is 1010 g/mol. The SMILES string of the molecule is CC/C=C\C/C=C\C/C=C\C/C=C\CCCCCCCCCCCCCCCCC(=O)OCC(COC(=O)CC/C=C\C/C=C\C/C=C\C/C=C\CC)OC(=O)CCCCCCCCCCCCCCCCCCCCCCCCCC. The first-order chi connectivity index (χ1) is 40.5. The second-order valence-electron chi connectivity index (χ2n) is 23.4. The van der Waals surface area contributed by atoms with Crippen molar-refractivity contribution in [2.24, 2.45) is 0 Å². The average Bonchev–Trinajstić information content (AvgIpc) is 3.47. The van der Waals surface area contributed by atoms with Gasteiger partial charge in [0.1, 0.15) is 13.2 Å². The van der Waals surface area contributed by atoms with Crippen LogP contribution >= 0.6 is 0 Å². The van der Waals surface area contributed by atoms with Crippen molar-refractivity contribution in [3.05, 3.63) is 97.2 Å². The zero-order valence-electron chi connectivity index (χ0n) is 54.2. The van der Waals surface area contributed by atoms with Crippen LogP contribution in [0.5, 0.6) is 0 Å². The molecule has 0 N–H and O–H groups in total. The lowest BCUT2D eigenvalue weighted by Gasteiger charge is -2.18. The molecule has 0 fully saturated rings. The third-order valence-electron chi connectivity index (χ3n) is 15.3. The van der Waals surface area contributed by atoms with Crippen LogP contribution in [-0.2, 0) is 28.6 Å². The molecule has 0 aromatic carbocycles. The zero-order valence-corrected chi connectivity index (χ0v) is 54.2. The molecule has 0 rings (SSSR count). The number of esters is 3. The monoisotopic (exact) mass is 1140 g/mol. The van der Waals surface area contributed by atoms with Crippen molar-refractivity contribution in [3.8, 4) is 0 Å². The van der Waals surface area contributed by atoms with Gasteiger partial charge in [0.05, 0.1) is 0 Å². The first-order valence-corrected chi connectivity index (χ1v) is 35.2. The summed E-state index contributed by atoms with van der Waals surface area (Å²) in [5.74, 6) is -0.964. The van der Waals surface area contributed by atoms with E-state index in [1.54, 1.807) is 0 Å². The Morgan fingerprint density at radius 1 is 0.256 bits per heavy atom. The molecule has 1 unspecified atom stereocenters. The first kappa shape index (κ1) is 78.3. The third-order valence-corrected chi connectivity index (χ3v) is 15.3. The van der Waals surface area contributed by atoms with E-state index in [1.807, 2.05) is 6.08 Å². The normalized spacial score (nSPS) is 12.7. The summed E-state index contributed by atoms with van der Waals surface area (Å²) in [6, 6.07) is 0. The van der Waals surface area contributed by atoms with Crippen molar-refractivity contribution in [2.45, 2.75) is 354 Å². The Morgan fingerprint density at radius 2 is 0.500 bits per heavy atom. The van der Waals surface area contributed by atoms with E-state index in [0.29, 0.717) is 19.3 Å². The van der Waals surface area contributed by atoms with E-state index in [1.165, 1.54) is 212 Å². The lowest BCUT2D eigenvalue weighted by molar-refractivity contribution is -0.166. The molecule has 6 heteroatoms. The summed E-state index contributed by atoms with van der Waals surface area (Å²) < 4.78 is 16.9. The second-order valence-corrected chi connectivity index (χ2v) is 23.4. The third kappa shape index (κ3) is 67.1. The van der Waals surface area contributed by atoms with Crippen LogP contribution in [0.1, 0.15) is 348 Å². The van der Waals surface area contributed by atoms with Crippen LogP contribution in [0.4, 0.5) is 0 Å². The number of ether oxygens (including phenoxy) is 3. The van der Waals surface area contributed by atoms with Gasteiger partial charge in [0, 0.05) is 19.3 Å².